The number of hydrogen-bond donors (Lipinski definition) is 1. The van der Waals surface area contributed by atoms with Gasteiger partial charge in [0.2, 0.25) is 5.91 Å². The number of rotatable bonds is 49. The Morgan fingerprint density at radius 2 is 0.970 bits per heavy atom. The van der Waals surface area contributed by atoms with Crippen LogP contribution in [0.5, 0.6) is 0 Å². The van der Waals surface area contributed by atoms with Crippen molar-refractivity contribution in [3.05, 3.63) is 48.6 Å². The first-order valence-corrected chi connectivity index (χ1v) is 28.9. The van der Waals surface area contributed by atoms with Gasteiger partial charge in [-0.25, -0.2) is 0 Å². The molecule has 3 atom stereocenters. The van der Waals surface area contributed by atoms with Crippen molar-refractivity contribution in [2.45, 2.75) is 258 Å². The van der Waals surface area contributed by atoms with Gasteiger partial charge in [-0.2, -0.15) is 0 Å². The summed E-state index contributed by atoms with van der Waals surface area (Å²) in [5.74, 6) is -0.555. The lowest BCUT2D eigenvalue weighted by Gasteiger charge is -2.30. The van der Waals surface area contributed by atoms with Crippen molar-refractivity contribution in [3.8, 4) is 0 Å². The molecule has 0 aliphatic carbocycles. The number of carbonyl (C=O) groups excluding carboxylic acids is 2. The van der Waals surface area contributed by atoms with Crippen LogP contribution in [0.15, 0.2) is 48.6 Å². The number of unbranched alkanes of at least 4 members (excludes halogenated alkanes) is 27. The van der Waals surface area contributed by atoms with E-state index in [1.54, 1.807) is 0 Å². The fourth-order valence-corrected chi connectivity index (χ4v) is 8.45. The third-order valence-corrected chi connectivity index (χ3v) is 13.0. The molecule has 0 heterocycles. The van der Waals surface area contributed by atoms with Crippen LogP contribution in [-0.4, -0.2) is 69.4 Å². The van der Waals surface area contributed by atoms with Crippen LogP contribution in [-0.2, 0) is 27.9 Å². The van der Waals surface area contributed by atoms with Crippen molar-refractivity contribution < 1.29 is 37.3 Å². The molecular weight excluding hydrogens is 844 g/mol. The monoisotopic (exact) mass is 949 g/mol. The molecule has 0 aromatic rings. The van der Waals surface area contributed by atoms with Crippen LogP contribution < -0.4 is 10.2 Å². The zero-order valence-electron chi connectivity index (χ0n) is 43.9. The maximum Gasteiger partial charge on any atom is 0.306 e. The van der Waals surface area contributed by atoms with Gasteiger partial charge in [-0.3, -0.25) is 14.2 Å². The molecule has 0 aromatic carbocycles. The smallest absolute Gasteiger partial charge is 0.306 e. The number of carbonyl (C=O) groups is 2. The van der Waals surface area contributed by atoms with Gasteiger partial charge >= 0.3 is 5.97 Å². The van der Waals surface area contributed by atoms with E-state index in [1.807, 2.05) is 33.3 Å². The number of quaternary nitrogens is 1. The number of phosphoric acid groups is 1. The normalized spacial score (nSPS) is 14.2. The number of nitrogens with one attached hydrogen (secondary N) is 1. The van der Waals surface area contributed by atoms with E-state index in [2.05, 4.69) is 62.5 Å². The van der Waals surface area contributed by atoms with E-state index in [0.29, 0.717) is 17.4 Å². The minimum atomic E-state index is -4.69. The van der Waals surface area contributed by atoms with Crippen molar-refractivity contribution in [2.24, 2.45) is 0 Å². The molecule has 0 fully saturated rings. The first kappa shape index (κ1) is 64.0. The summed E-state index contributed by atoms with van der Waals surface area (Å²) < 4.78 is 30.2. The number of amides is 1. The Bertz CT molecular complexity index is 1280. The highest BCUT2D eigenvalue weighted by atomic mass is 31.2. The number of nitrogens with zero attached hydrogens (tertiary/aromatic N) is 1. The molecule has 10 heteroatoms. The Labute approximate surface area is 408 Å². The molecule has 386 valence electrons. The average molecular weight is 949 g/mol. The Morgan fingerprint density at radius 1 is 0.545 bits per heavy atom. The Balaban J connectivity index is 5.37. The Hall–Kier alpha value is -2.03. The molecule has 0 radical (unpaired) electrons. The third-order valence-electron chi connectivity index (χ3n) is 12.0. The zero-order valence-corrected chi connectivity index (χ0v) is 44.8. The third kappa shape index (κ3) is 47.1. The van der Waals surface area contributed by atoms with Crippen LogP contribution in [0, 0.1) is 0 Å². The van der Waals surface area contributed by atoms with Crippen molar-refractivity contribution in [1.82, 2.24) is 5.32 Å². The summed E-state index contributed by atoms with van der Waals surface area (Å²) >= 11 is 0. The average Bonchev–Trinajstić information content (AvgIpc) is 3.27. The van der Waals surface area contributed by atoms with Crippen molar-refractivity contribution in [1.29, 1.82) is 0 Å². The first-order valence-electron chi connectivity index (χ1n) is 27.4. The molecule has 0 aliphatic heterocycles. The van der Waals surface area contributed by atoms with Crippen LogP contribution in [0.4, 0.5) is 0 Å². The highest BCUT2D eigenvalue weighted by Crippen LogP contribution is 2.38. The van der Waals surface area contributed by atoms with Gasteiger partial charge in [0, 0.05) is 12.8 Å². The SMILES string of the molecule is CC/C=C/C/C=C/CCCCCCCCCC(=O)NC(COP(=O)([O-])OCC[N+](C)(C)C)C(/C=C/CCCCCCCCCCC)OC(=O)CCCCCCCCC/C=C\CCCCCC. The molecule has 0 rings (SSSR count). The largest absolute Gasteiger partial charge is 0.756 e. The maximum atomic E-state index is 13.4. The molecule has 66 heavy (non-hydrogen) atoms. The van der Waals surface area contributed by atoms with E-state index >= 15 is 0 Å². The zero-order chi connectivity index (χ0) is 48.7. The molecule has 3 unspecified atom stereocenters. The molecule has 1 amide bonds. The summed E-state index contributed by atoms with van der Waals surface area (Å²) in [5.41, 5.74) is 0. The standard InChI is InChI=1S/C56H105N2O7P/c1-7-10-13-16-19-22-25-27-29-31-34-37-40-43-46-49-56(60)65-54(47-44-41-38-35-32-24-21-18-15-12-9-3)53(52-64-66(61,62)63-51-50-58(4,5)6)57-55(59)48-45-42-39-36-33-30-28-26-23-20-17-14-11-8-2/h11,14,20,22-23,25,44,47,53-54H,7-10,12-13,15-19,21,24,26-43,45-46,48-52H2,1-6H3,(H-,57,59,61,62)/b14-11+,23-20+,25-22-,47-44+. The molecule has 0 bridgehead atoms. The number of allylic oxidation sites excluding steroid dienone is 7. The molecule has 0 aromatic heterocycles. The van der Waals surface area contributed by atoms with E-state index in [-0.39, 0.29) is 24.9 Å². The first-order chi connectivity index (χ1) is 31.9. The molecule has 0 spiro atoms. The molecule has 9 nitrogen and oxygen atoms in total. The maximum absolute atomic E-state index is 13.4. The molecule has 0 aliphatic rings. The Morgan fingerprint density at radius 3 is 1.47 bits per heavy atom. The van der Waals surface area contributed by atoms with Gasteiger partial charge < -0.3 is 28.5 Å². The minimum absolute atomic E-state index is 0.0249. The summed E-state index contributed by atoms with van der Waals surface area (Å²) in [6, 6.07) is -0.891. The number of hydrogen-bond acceptors (Lipinski definition) is 7. The van der Waals surface area contributed by atoms with Crippen LogP contribution in [0.1, 0.15) is 245 Å². The number of likely N-dealkylation sites (N-methyl/N-ethyl adjacent to an activating group) is 1. The highest BCUT2D eigenvalue weighted by Gasteiger charge is 2.27. The van der Waals surface area contributed by atoms with Gasteiger partial charge in [0.15, 0.2) is 0 Å². The van der Waals surface area contributed by atoms with Gasteiger partial charge in [-0.1, -0.05) is 198 Å². The van der Waals surface area contributed by atoms with Gasteiger partial charge in [0.25, 0.3) is 7.82 Å². The van der Waals surface area contributed by atoms with E-state index in [1.165, 1.54) is 116 Å². The lowest BCUT2D eigenvalue weighted by molar-refractivity contribution is -0.870. The summed E-state index contributed by atoms with van der Waals surface area (Å²) in [4.78, 5) is 39.7. The quantitative estimate of drug-likeness (QED) is 0.0212. The van der Waals surface area contributed by atoms with Crippen molar-refractivity contribution >= 4 is 19.7 Å². The fourth-order valence-electron chi connectivity index (χ4n) is 7.73. The van der Waals surface area contributed by atoms with Gasteiger partial charge in [0.1, 0.15) is 19.3 Å². The Kier molecular flexibility index (Phi) is 45.3. The number of ether oxygens (including phenoxy) is 1. The van der Waals surface area contributed by atoms with Crippen molar-refractivity contribution in [3.63, 3.8) is 0 Å². The summed E-state index contributed by atoms with van der Waals surface area (Å²) in [5, 5.41) is 3.01. The predicted octanol–water partition coefficient (Wildman–Crippen LogP) is 15.5. The number of phosphoric ester groups is 1. The second-order valence-electron chi connectivity index (χ2n) is 19.7. The van der Waals surface area contributed by atoms with Crippen LogP contribution >= 0.6 is 7.82 Å². The van der Waals surface area contributed by atoms with Crippen LogP contribution in [0.25, 0.3) is 0 Å². The summed E-state index contributed by atoms with van der Waals surface area (Å²) in [6.45, 7) is 6.70. The lowest BCUT2D eigenvalue weighted by atomic mass is 10.1. The van der Waals surface area contributed by atoms with E-state index in [9.17, 15) is 19.0 Å². The predicted molar refractivity (Wildman–Crippen MR) is 279 cm³/mol. The van der Waals surface area contributed by atoms with Gasteiger partial charge in [-0.05, 0) is 83.1 Å². The van der Waals surface area contributed by atoms with Gasteiger partial charge in [0.05, 0.1) is 33.8 Å². The second kappa shape index (κ2) is 46.7. The second-order valence-corrected chi connectivity index (χ2v) is 21.1. The summed E-state index contributed by atoms with van der Waals surface area (Å²) in [6.07, 6.45) is 55.0. The molecule has 0 saturated heterocycles. The minimum Gasteiger partial charge on any atom is -0.756 e. The highest BCUT2D eigenvalue weighted by molar-refractivity contribution is 7.45. The van der Waals surface area contributed by atoms with Gasteiger partial charge in [-0.15, -0.1) is 0 Å². The summed E-state index contributed by atoms with van der Waals surface area (Å²) in [7, 11) is 1.18. The van der Waals surface area contributed by atoms with E-state index < -0.39 is 26.6 Å². The fraction of sp³-hybridized carbons (Fsp3) is 0.821. The molecule has 0 saturated carbocycles. The molecule has 1 N–H and O–H groups in total. The molecular formula is C56H105N2O7P. The van der Waals surface area contributed by atoms with E-state index in [4.69, 9.17) is 13.8 Å². The number of esters is 1. The van der Waals surface area contributed by atoms with E-state index in [0.717, 1.165) is 96.3 Å². The topological polar surface area (TPSA) is 114 Å². The lowest BCUT2D eigenvalue weighted by Crippen LogP contribution is -2.47. The van der Waals surface area contributed by atoms with Crippen molar-refractivity contribution in [2.75, 3.05) is 40.9 Å². The van der Waals surface area contributed by atoms with Crippen LogP contribution in [0.2, 0.25) is 0 Å². The van der Waals surface area contributed by atoms with Crippen LogP contribution in [0.3, 0.4) is 0 Å².